The van der Waals surface area contributed by atoms with Gasteiger partial charge in [0.05, 0.1) is 12.7 Å². The Balaban J connectivity index is 2.40. The molecular formula is C17H27NO2. The molecule has 20 heavy (non-hydrogen) atoms. The van der Waals surface area contributed by atoms with Crippen molar-refractivity contribution in [2.75, 3.05) is 26.8 Å². The minimum absolute atomic E-state index is 0.218. The number of hydrogen-bond donors (Lipinski definition) is 1. The largest absolute Gasteiger partial charge is 0.491 e. The third-order valence-corrected chi connectivity index (χ3v) is 2.94. The van der Waals surface area contributed by atoms with E-state index in [1.54, 1.807) is 7.11 Å². The molecule has 0 heterocycles. The summed E-state index contributed by atoms with van der Waals surface area (Å²) in [6.07, 6.45) is 3.51. The van der Waals surface area contributed by atoms with Crippen LogP contribution >= 0.6 is 0 Å². The second-order valence-corrected chi connectivity index (χ2v) is 5.11. The van der Waals surface area contributed by atoms with Crippen molar-refractivity contribution in [1.29, 1.82) is 0 Å². The minimum Gasteiger partial charge on any atom is -0.491 e. The molecule has 112 valence electrons. The number of rotatable bonds is 9. The quantitative estimate of drug-likeness (QED) is 0.701. The van der Waals surface area contributed by atoms with E-state index in [4.69, 9.17) is 9.47 Å². The van der Waals surface area contributed by atoms with E-state index in [1.165, 1.54) is 11.1 Å². The van der Waals surface area contributed by atoms with Crippen molar-refractivity contribution < 1.29 is 9.47 Å². The van der Waals surface area contributed by atoms with E-state index < -0.39 is 0 Å². The average molecular weight is 277 g/mol. The maximum absolute atomic E-state index is 5.64. The van der Waals surface area contributed by atoms with E-state index in [9.17, 15) is 0 Å². The zero-order valence-electron chi connectivity index (χ0n) is 13.1. The van der Waals surface area contributed by atoms with Crippen LogP contribution in [0.15, 0.2) is 30.3 Å². The Labute approximate surface area is 123 Å². The smallest absolute Gasteiger partial charge is 0.119 e. The Morgan fingerprint density at radius 1 is 1.20 bits per heavy atom. The van der Waals surface area contributed by atoms with E-state index in [0.29, 0.717) is 0 Å². The van der Waals surface area contributed by atoms with Gasteiger partial charge >= 0.3 is 0 Å². The zero-order valence-corrected chi connectivity index (χ0v) is 13.1. The van der Waals surface area contributed by atoms with Crippen LogP contribution in [0.25, 0.3) is 5.57 Å². The molecule has 0 saturated carbocycles. The highest BCUT2D eigenvalue weighted by Crippen LogP contribution is 2.19. The van der Waals surface area contributed by atoms with Gasteiger partial charge < -0.3 is 14.8 Å². The third kappa shape index (κ3) is 6.73. The molecule has 0 spiro atoms. The fraction of sp³-hybridized carbons (Fsp3) is 0.529. The van der Waals surface area contributed by atoms with E-state index in [-0.39, 0.29) is 6.10 Å². The molecule has 0 atom stereocenters. The monoisotopic (exact) mass is 277 g/mol. The summed E-state index contributed by atoms with van der Waals surface area (Å²) in [5.41, 5.74) is 2.55. The zero-order chi connectivity index (χ0) is 14.8. The normalized spacial score (nSPS) is 11.9. The lowest BCUT2D eigenvalue weighted by atomic mass is 10.1. The second kappa shape index (κ2) is 9.56. The van der Waals surface area contributed by atoms with Gasteiger partial charge in [0.15, 0.2) is 0 Å². The number of ether oxygens (including phenoxy) is 2. The molecule has 0 unspecified atom stereocenters. The summed E-state index contributed by atoms with van der Waals surface area (Å²) in [7, 11) is 1.72. The van der Waals surface area contributed by atoms with Crippen molar-refractivity contribution in [1.82, 2.24) is 5.32 Å². The molecule has 3 heteroatoms. The molecule has 0 saturated heterocycles. The summed E-state index contributed by atoms with van der Waals surface area (Å²) < 4.78 is 10.6. The van der Waals surface area contributed by atoms with Gasteiger partial charge in [-0.2, -0.15) is 0 Å². The van der Waals surface area contributed by atoms with Gasteiger partial charge in [0.1, 0.15) is 5.75 Å². The van der Waals surface area contributed by atoms with Gasteiger partial charge in [0, 0.05) is 13.7 Å². The lowest BCUT2D eigenvalue weighted by Gasteiger charge is -2.10. The Morgan fingerprint density at radius 3 is 2.50 bits per heavy atom. The summed E-state index contributed by atoms with van der Waals surface area (Å²) in [6.45, 7) is 8.87. The van der Waals surface area contributed by atoms with E-state index >= 15 is 0 Å². The fourth-order valence-corrected chi connectivity index (χ4v) is 1.88. The van der Waals surface area contributed by atoms with Gasteiger partial charge in [-0.3, -0.25) is 0 Å². The van der Waals surface area contributed by atoms with Gasteiger partial charge in [0.25, 0.3) is 0 Å². The SMILES string of the molecule is COCCNCCC=C(C)c1ccc(OC(C)C)cc1. The molecule has 1 N–H and O–H groups in total. The van der Waals surface area contributed by atoms with Crippen LogP contribution in [-0.4, -0.2) is 32.9 Å². The van der Waals surface area contributed by atoms with Crippen LogP contribution in [0.1, 0.15) is 32.8 Å². The number of allylic oxidation sites excluding steroid dienone is 1. The lowest BCUT2D eigenvalue weighted by Crippen LogP contribution is -2.19. The molecule has 0 aliphatic rings. The summed E-state index contributed by atoms with van der Waals surface area (Å²) in [5, 5.41) is 3.33. The lowest BCUT2D eigenvalue weighted by molar-refractivity contribution is 0.199. The predicted octanol–water partition coefficient (Wildman–Crippen LogP) is 3.50. The van der Waals surface area contributed by atoms with Crippen molar-refractivity contribution in [2.24, 2.45) is 0 Å². The van der Waals surface area contributed by atoms with Crippen LogP contribution < -0.4 is 10.1 Å². The van der Waals surface area contributed by atoms with E-state index in [0.717, 1.165) is 31.9 Å². The highest BCUT2D eigenvalue weighted by molar-refractivity contribution is 5.64. The Kier molecular flexibility index (Phi) is 8.00. The first-order chi connectivity index (χ1) is 9.63. The summed E-state index contributed by atoms with van der Waals surface area (Å²) in [6, 6.07) is 8.29. The number of methoxy groups -OCH3 is 1. The van der Waals surface area contributed by atoms with Gasteiger partial charge in [-0.15, -0.1) is 0 Å². The molecule has 0 bridgehead atoms. The van der Waals surface area contributed by atoms with Crippen molar-refractivity contribution in [2.45, 2.75) is 33.3 Å². The van der Waals surface area contributed by atoms with Crippen LogP contribution in [0.2, 0.25) is 0 Å². The van der Waals surface area contributed by atoms with Crippen LogP contribution in [-0.2, 0) is 4.74 Å². The molecule has 1 aromatic rings. The second-order valence-electron chi connectivity index (χ2n) is 5.11. The Bertz CT molecular complexity index is 396. The Hall–Kier alpha value is -1.32. The van der Waals surface area contributed by atoms with Crippen LogP contribution in [0, 0.1) is 0 Å². The molecule has 3 nitrogen and oxygen atoms in total. The molecule has 0 radical (unpaired) electrons. The van der Waals surface area contributed by atoms with Crippen molar-refractivity contribution in [3.05, 3.63) is 35.9 Å². The average Bonchev–Trinajstić information content (AvgIpc) is 2.42. The molecule has 1 rings (SSSR count). The van der Waals surface area contributed by atoms with Crippen molar-refractivity contribution in [3.63, 3.8) is 0 Å². The number of benzene rings is 1. The van der Waals surface area contributed by atoms with Crippen molar-refractivity contribution >= 4 is 5.57 Å². The standard InChI is InChI=1S/C17H27NO2/c1-14(2)20-17-9-7-16(8-10-17)15(3)6-5-11-18-12-13-19-4/h6-10,14,18H,5,11-13H2,1-4H3. The highest BCUT2D eigenvalue weighted by atomic mass is 16.5. The van der Waals surface area contributed by atoms with Gasteiger partial charge in [-0.1, -0.05) is 18.2 Å². The number of nitrogens with one attached hydrogen (secondary N) is 1. The summed E-state index contributed by atoms with van der Waals surface area (Å²) >= 11 is 0. The van der Waals surface area contributed by atoms with Crippen LogP contribution in [0.3, 0.4) is 0 Å². The molecular weight excluding hydrogens is 250 g/mol. The van der Waals surface area contributed by atoms with Crippen molar-refractivity contribution in [3.8, 4) is 5.75 Å². The maximum Gasteiger partial charge on any atom is 0.119 e. The number of hydrogen-bond acceptors (Lipinski definition) is 3. The highest BCUT2D eigenvalue weighted by Gasteiger charge is 1.99. The third-order valence-electron chi connectivity index (χ3n) is 2.94. The van der Waals surface area contributed by atoms with Crippen LogP contribution in [0.5, 0.6) is 5.75 Å². The predicted molar refractivity (Wildman–Crippen MR) is 85.2 cm³/mol. The van der Waals surface area contributed by atoms with Gasteiger partial charge in [-0.05, 0) is 57.0 Å². The van der Waals surface area contributed by atoms with Crippen LogP contribution in [0.4, 0.5) is 0 Å². The molecule has 0 amide bonds. The molecule has 0 fully saturated rings. The van der Waals surface area contributed by atoms with Gasteiger partial charge in [-0.25, -0.2) is 0 Å². The molecule has 1 aromatic carbocycles. The molecule has 0 aromatic heterocycles. The topological polar surface area (TPSA) is 30.5 Å². The Morgan fingerprint density at radius 2 is 1.90 bits per heavy atom. The minimum atomic E-state index is 0.218. The maximum atomic E-state index is 5.64. The molecule has 0 aliphatic heterocycles. The summed E-state index contributed by atoms with van der Waals surface area (Å²) in [4.78, 5) is 0. The first-order valence-electron chi connectivity index (χ1n) is 7.27. The summed E-state index contributed by atoms with van der Waals surface area (Å²) in [5.74, 6) is 0.929. The first kappa shape index (κ1) is 16.7. The van der Waals surface area contributed by atoms with E-state index in [2.05, 4.69) is 30.4 Å². The fourth-order valence-electron chi connectivity index (χ4n) is 1.88. The molecule has 0 aliphatic carbocycles. The van der Waals surface area contributed by atoms with E-state index in [1.807, 2.05) is 26.0 Å². The van der Waals surface area contributed by atoms with Gasteiger partial charge in [0.2, 0.25) is 0 Å². The first-order valence-corrected chi connectivity index (χ1v) is 7.27.